The van der Waals surface area contributed by atoms with E-state index in [1.165, 1.54) is 19.3 Å². The van der Waals surface area contributed by atoms with Crippen LogP contribution >= 0.6 is 0 Å². The van der Waals surface area contributed by atoms with Crippen molar-refractivity contribution in [3.63, 3.8) is 0 Å². The Hall–Kier alpha value is -0.280. The summed E-state index contributed by atoms with van der Waals surface area (Å²) in [4.78, 5) is 2.21. The highest BCUT2D eigenvalue weighted by Gasteiger charge is 2.85. The Morgan fingerprint density at radius 2 is 1.88 bits per heavy atom. The molecular weight excluding hydrogens is 542 g/mol. The van der Waals surface area contributed by atoms with E-state index in [2.05, 4.69) is 39.5 Å². The van der Waals surface area contributed by atoms with Crippen molar-refractivity contribution in [1.29, 1.82) is 0 Å². The van der Waals surface area contributed by atoms with Gasteiger partial charge < -0.3 is 29.5 Å². The summed E-state index contributed by atoms with van der Waals surface area (Å²) in [5, 5.41) is 33.8. The molecule has 5 aliphatic carbocycles. The van der Waals surface area contributed by atoms with E-state index >= 15 is 0 Å². The fourth-order valence-electron chi connectivity index (χ4n) is 12.3. The topological polar surface area (TPSA) is 91.6 Å². The highest BCUT2D eigenvalue weighted by atomic mass is 16.7. The molecular formula is C36H56NO6. The fraction of sp³-hybridized carbons (Fsp3) is 0.889. The van der Waals surface area contributed by atoms with Crippen LogP contribution in [0.3, 0.4) is 0 Å². The zero-order valence-corrected chi connectivity index (χ0v) is 27.6. The second kappa shape index (κ2) is 9.87. The van der Waals surface area contributed by atoms with E-state index in [0.717, 1.165) is 44.9 Å². The zero-order valence-electron chi connectivity index (χ0n) is 27.6. The van der Waals surface area contributed by atoms with Crippen molar-refractivity contribution in [3.8, 4) is 0 Å². The lowest BCUT2D eigenvalue weighted by Gasteiger charge is -2.63. The van der Waals surface area contributed by atoms with Crippen LogP contribution in [0.5, 0.6) is 0 Å². The standard InChI is InChI=1S/C36H56NO6/c1-9-37-16-17-41-26(19-37)43-25-12-13-35-20-36(35)15-14-33(7)27-21(2)18-22(29(38)32(5,6)40)42-28(27)30(39)34(33,8)24(36)11-10-23(35)31(25,3)4/h1,21,23,25-27,29-30,38-40H,9-20H2,2-8H3/t21-,23+,25?,26+,27+,29+,30+,33-,34-,35-,36+/m1/s1. The average molecular weight is 599 g/mol. The van der Waals surface area contributed by atoms with Gasteiger partial charge in [-0.2, -0.15) is 0 Å². The highest BCUT2D eigenvalue weighted by Crippen LogP contribution is 2.90. The van der Waals surface area contributed by atoms with E-state index in [0.29, 0.717) is 31.6 Å². The van der Waals surface area contributed by atoms with Crippen LogP contribution in [0.4, 0.5) is 0 Å². The number of rotatable bonds is 5. The number of nitrogens with zero attached hydrogens (tertiary/aromatic N) is 1. The molecule has 241 valence electrons. The molecule has 2 heterocycles. The molecule has 7 rings (SSSR count). The van der Waals surface area contributed by atoms with Crippen molar-refractivity contribution in [2.45, 2.75) is 130 Å². The minimum Gasteiger partial charge on any atom is -0.389 e. The lowest BCUT2D eigenvalue weighted by atomic mass is 9.41. The summed E-state index contributed by atoms with van der Waals surface area (Å²) < 4.78 is 19.3. The molecule has 3 N–H and O–H groups in total. The summed E-state index contributed by atoms with van der Waals surface area (Å²) in [6.45, 7) is 23.9. The first-order valence-corrected chi connectivity index (χ1v) is 17.1. The third-order valence-corrected chi connectivity index (χ3v) is 14.7. The SMILES string of the molecule is [CH]CN1CCO[C@@H](OC2CC[C@]34C[C@]35CC[C@]3(C)[C@@H]6[C](O[C]([C@H](O)C(C)(C)O)C[C@H]6C)[C@H](O)[C@@]3(C)[C]5CC[C@H]4C2(C)C)C1. The van der Waals surface area contributed by atoms with Gasteiger partial charge in [-0.25, -0.2) is 0 Å². The van der Waals surface area contributed by atoms with Crippen LogP contribution in [0, 0.1) is 69.9 Å². The number of aliphatic hydroxyl groups excluding tert-OH is 2. The molecule has 43 heavy (non-hydrogen) atoms. The number of morpholine rings is 1. The first kappa shape index (κ1) is 31.3. The molecule has 7 heteroatoms. The Labute approximate surface area is 260 Å². The minimum atomic E-state index is -1.30. The van der Waals surface area contributed by atoms with Gasteiger partial charge >= 0.3 is 0 Å². The van der Waals surface area contributed by atoms with Crippen LogP contribution < -0.4 is 0 Å². The molecule has 7 nitrogen and oxygen atoms in total. The Morgan fingerprint density at radius 1 is 1.14 bits per heavy atom. The summed E-state index contributed by atoms with van der Waals surface area (Å²) >= 11 is 0. The van der Waals surface area contributed by atoms with Gasteiger partial charge in [-0.15, -0.1) is 0 Å². The van der Waals surface area contributed by atoms with Crippen molar-refractivity contribution in [1.82, 2.24) is 4.90 Å². The molecule has 11 atom stereocenters. The molecule has 1 unspecified atom stereocenters. The Morgan fingerprint density at radius 3 is 2.58 bits per heavy atom. The second-order valence-electron chi connectivity index (χ2n) is 17.2. The zero-order chi connectivity index (χ0) is 31.0. The molecule has 2 saturated heterocycles. The average Bonchev–Trinajstić information content (AvgIpc) is 3.58. The van der Waals surface area contributed by atoms with Crippen LogP contribution in [-0.2, 0) is 14.2 Å². The predicted octanol–water partition coefficient (Wildman–Crippen LogP) is 4.97. The first-order chi connectivity index (χ1) is 20.1. The van der Waals surface area contributed by atoms with E-state index in [1.807, 2.05) is 0 Å². The van der Waals surface area contributed by atoms with Crippen LogP contribution in [0.1, 0.15) is 99.8 Å². The van der Waals surface area contributed by atoms with Crippen molar-refractivity contribution in [3.05, 3.63) is 25.0 Å². The normalized spacial score (nSPS) is 51.1. The van der Waals surface area contributed by atoms with Gasteiger partial charge in [0.05, 0.1) is 24.4 Å². The van der Waals surface area contributed by atoms with Gasteiger partial charge in [0.1, 0.15) is 18.3 Å². The van der Waals surface area contributed by atoms with Crippen LogP contribution in [0.15, 0.2) is 0 Å². The first-order valence-electron chi connectivity index (χ1n) is 17.1. The van der Waals surface area contributed by atoms with E-state index in [9.17, 15) is 15.3 Å². The summed E-state index contributed by atoms with van der Waals surface area (Å²) in [7, 11) is 0. The maximum absolute atomic E-state index is 12.3. The van der Waals surface area contributed by atoms with Crippen LogP contribution in [-0.4, -0.2) is 76.7 Å². The van der Waals surface area contributed by atoms with Gasteiger partial charge in [-0.3, -0.25) is 4.90 Å². The van der Waals surface area contributed by atoms with Crippen molar-refractivity contribution in [2.75, 3.05) is 26.2 Å². The molecule has 0 amide bonds. The van der Waals surface area contributed by atoms with Gasteiger partial charge in [-0.1, -0.05) is 34.6 Å². The second-order valence-corrected chi connectivity index (χ2v) is 17.2. The number of aliphatic hydroxyl groups is 3. The van der Waals surface area contributed by atoms with Gasteiger partial charge in [0, 0.05) is 31.0 Å². The summed E-state index contributed by atoms with van der Waals surface area (Å²) in [5.41, 5.74) is -1.28. The molecule has 0 aromatic carbocycles. The Bertz CT molecular complexity index is 1090. The largest absolute Gasteiger partial charge is 0.389 e. The van der Waals surface area contributed by atoms with Crippen molar-refractivity contribution < 1.29 is 29.5 Å². The maximum Gasteiger partial charge on any atom is 0.170 e. The van der Waals surface area contributed by atoms with Gasteiger partial charge in [0.25, 0.3) is 0 Å². The summed E-state index contributed by atoms with van der Waals surface area (Å²) in [5.74, 6) is 2.53. The minimum absolute atomic E-state index is 0.0367. The molecule has 0 aromatic heterocycles. The fourth-order valence-corrected chi connectivity index (χ4v) is 12.3. The summed E-state index contributed by atoms with van der Waals surface area (Å²) in [6.07, 6.45) is 7.90. The smallest absolute Gasteiger partial charge is 0.170 e. The lowest BCUT2D eigenvalue weighted by molar-refractivity contribution is -0.242. The van der Waals surface area contributed by atoms with E-state index in [-0.39, 0.29) is 51.3 Å². The molecule has 7 fully saturated rings. The summed E-state index contributed by atoms with van der Waals surface area (Å²) in [6, 6.07) is 0. The maximum atomic E-state index is 12.3. The predicted molar refractivity (Wildman–Crippen MR) is 162 cm³/mol. The van der Waals surface area contributed by atoms with Gasteiger partial charge in [-0.05, 0) is 112 Å². The van der Waals surface area contributed by atoms with Gasteiger partial charge in [0.2, 0.25) is 0 Å². The molecule has 0 aromatic rings. The number of fused-ring (bicyclic) bond motifs is 4. The van der Waals surface area contributed by atoms with Gasteiger partial charge in [0.15, 0.2) is 6.29 Å². The molecule has 5 saturated carbocycles. The third-order valence-electron chi connectivity index (χ3n) is 14.7. The Balaban J connectivity index is 1.14. The van der Waals surface area contributed by atoms with E-state index < -0.39 is 17.8 Å². The third kappa shape index (κ3) is 4.04. The van der Waals surface area contributed by atoms with Crippen LogP contribution in [0.25, 0.3) is 0 Å². The monoisotopic (exact) mass is 598 g/mol. The number of ether oxygens (including phenoxy) is 3. The quantitative estimate of drug-likeness (QED) is 0.412. The molecule has 7 aliphatic rings. The Kier molecular flexibility index (Phi) is 7.19. The highest BCUT2D eigenvalue weighted by molar-refractivity contribution is 5.45. The van der Waals surface area contributed by atoms with E-state index in [1.54, 1.807) is 19.8 Å². The molecule has 2 aliphatic heterocycles. The lowest BCUT2D eigenvalue weighted by Crippen LogP contribution is -2.59. The number of hydrogen-bond acceptors (Lipinski definition) is 7. The molecule has 0 bridgehead atoms. The van der Waals surface area contributed by atoms with Crippen molar-refractivity contribution >= 4 is 0 Å². The van der Waals surface area contributed by atoms with Crippen LogP contribution in [0.2, 0.25) is 0 Å². The number of hydrogen-bond donors (Lipinski definition) is 3. The molecule has 5 radical (unpaired) electrons. The molecule has 2 spiro atoms. The van der Waals surface area contributed by atoms with Crippen molar-refractivity contribution in [2.24, 2.45) is 44.8 Å². The van der Waals surface area contributed by atoms with E-state index in [4.69, 9.17) is 21.1 Å².